The smallest absolute Gasteiger partial charge is 0.108 e. The average molecular weight is 184 g/mol. The molecule has 0 aliphatic heterocycles. The second kappa shape index (κ2) is 4.39. The van der Waals surface area contributed by atoms with Gasteiger partial charge in [0, 0.05) is 18.3 Å². The third-order valence-corrected chi connectivity index (χ3v) is 2.10. The first-order valence-electron chi connectivity index (χ1n) is 4.57. The van der Waals surface area contributed by atoms with Crippen molar-refractivity contribution in [2.24, 2.45) is 0 Å². The summed E-state index contributed by atoms with van der Waals surface area (Å²) in [4.78, 5) is 0. The first kappa shape index (κ1) is 10.2. The molecule has 2 N–H and O–H groups in total. The maximum atomic E-state index is 9.59. The minimum absolute atomic E-state index is 0.540. The molecule has 2 atom stereocenters. The van der Waals surface area contributed by atoms with Crippen molar-refractivity contribution < 1.29 is 10.2 Å². The molecule has 13 heavy (non-hydrogen) atoms. The van der Waals surface area contributed by atoms with E-state index in [0.29, 0.717) is 12.0 Å². The highest BCUT2D eigenvalue weighted by atomic mass is 16.3. The zero-order valence-electron chi connectivity index (χ0n) is 8.01. The van der Waals surface area contributed by atoms with E-state index in [2.05, 4.69) is 5.10 Å². The van der Waals surface area contributed by atoms with Crippen LogP contribution in [0.4, 0.5) is 0 Å². The lowest BCUT2D eigenvalue weighted by Crippen LogP contribution is -2.16. The molecule has 0 amide bonds. The molecule has 0 aromatic carbocycles. The molecule has 1 aromatic heterocycles. The quantitative estimate of drug-likeness (QED) is 0.724. The van der Waals surface area contributed by atoms with Crippen LogP contribution < -0.4 is 0 Å². The summed E-state index contributed by atoms with van der Waals surface area (Å²) in [5.74, 6) is 0. The standard InChI is InChI=1S/C9H16N2O2/c1-3-8(12)9(13)7-5-10-11(4-2)6-7/h5-6,8-9,12-13H,3-4H2,1-2H3. The zero-order chi connectivity index (χ0) is 9.84. The summed E-state index contributed by atoms with van der Waals surface area (Å²) in [5, 5.41) is 23.0. The molecule has 1 rings (SSSR count). The molecule has 1 heterocycles. The molecule has 1 aromatic rings. The van der Waals surface area contributed by atoms with Gasteiger partial charge in [0.1, 0.15) is 6.10 Å². The van der Waals surface area contributed by atoms with E-state index in [1.54, 1.807) is 17.1 Å². The summed E-state index contributed by atoms with van der Waals surface area (Å²) in [5.41, 5.74) is 0.677. The Kier molecular flexibility index (Phi) is 3.45. The Bertz CT molecular complexity index is 260. The van der Waals surface area contributed by atoms with Gasteiger partial charge in [0.25, 0.3) is 0 Å². The van der Waals surface area contributed by atoms with Crippen LogP contribution in [0.2, 0.25) is 0 Å². The number of aliphatic hydroxyl groups excluding tert-OH is 2. The van der Waals surface area contributed by atoms with E-state index in [1.807, 2.05) is 13.8 Å². The van der Waals surface area contributed by atoms with Gasteiger partial charge in [0.2, 0.25) is 0 Å². The zero-order valence-corrected chi connectivity index (χ0v) is 8.01. The molecule has 0 bridgehead atoms. The van der Waals surface area contributed by atoms with E-state index >= 15 is 0 Å². The maximum absolute atomic E-state index is 9.59. The molecular weight excluding hydrogens is 168 g/mol. The van der Waals surface area contributed by atoms with E-state index in [9.17, 15) is 10.2 Å². The second-order valence-corrected chi connectivity index (χ2v) is 3.05. The molecule has 0 saturated heterocycles. The fourth-order valence-corrected chi connectivity index (χ4v) is 1.15. The van der Waals surface area contributed by atoms with Gasteiger partial charge < -0.3 is 10.2 Å². The van der Waals surface area contributed by atoms with E-state index in [1.165, 1.54) is 0 Å². The summed E-state index contributed by atoms with van der Waals surface area (Å²) in [6, 6.07) is 0. The third-order valence-electron chi connectivity index (χ3n) is 2.10. The van der Waals surface area contributed by atoms with Gasteiger partial charge in [-0.25, -0.2) is 0 Å². The van der Waals surface area contributed by atoms with Gasteiger partial charge in [0.05, 0.1) is 12.3 Å². The van der Waals surface area contributed by atoms with E-state index in [4.69, 9.17) is 0 Å². The molecule has 4 nitrogen and oxygen atoms in total. The highest BCUT2D eigenvalue weighted by Gasteiger charge is 2.17. The van der Waals surface area contributed by atoms with Gasteiger partial charge in [-0.15, -0.1) is 0 Å². The van der Waals surface area contributed by atoms with Crippen molar-refractivity contribution in [2.45, 2.75) is 39.0 Å². The second-order valence-electron chi connectivity index (χ2n) is 3.05. The molecule has 0 radical (unpaired) electrons. The summed E-state index contributed by atoms with van der Waals surface area (Å²) in [7, 11) is 0. The fraction of sp³-hybridized carbons (Fsp3) is 0.667. The van der Waals surface area contributed by atoms with Crippen molar-refractivity contribution in [3.63, 3.8) is 0 Å². The van der Waals surface area contributed by atoms with Crippen LogP contribution in [-0.4, -0.2) is 26.1 Å². The highest BCUT2D eigenvalue weighted by molar-refractivity contribution is 5.09. The number of aryl methyl sites for hydroxylation is 1. The lowest BCUT2D eigenvalue weighted by molar-refractivity contribution is 0.0164. The Morgan fingerprint density at radius 2 is 2.15 bits per heavy atom. The highest BCUT2D eigenvalue weighted by Crippen LogP contribution is 2.17. The maximum Gasteiger partial charge on any atom is 0.108 e. The number of aliphatic hydroxyl groups is 2. The largest absolute Gasteiger partial charge is 0.390 e. The molecule has 0 saturated carbocycles. The van der Waals surface area contributed by atoms with Gasteiger partial charge in [-0.3, -0.25) is 4.68 Å². The fourth-order valence-electron chi connectivity index (χ4n) is 1.15. The normalized spacial score (nSPS) is 15.7. The summed E-state index contributed by atoms with van der Waals surface area (Å²) < 4.78 is 1.72. The van der Waals surface area contributed by atoms with Gasteiger partial charge >= 0.3 is 0 Å². The Morgan fingerprint density at radius 1 is 1.46 bits per heavy atom. The lowest BCUT2D eigenvalue weighted by Gasteiger charge is -2.13. The van der Waals surface area contributed by atoms with Crippen molar-refractivity contribution in [3.8, 4) is 0 Å². The number of hydrogen-bond donors (Lipinski definition) is 2. The Morgan fingerprint density at radius 3 is 2.62 bits per heavy atom. The van der Waals surface area contributed by atoms with Crippen molar-refractivity contribution in [1.29, 1.82) is 0 Å². The van der Waals surface area contributed by atoms with Crippen LogP contribution in [0.15, 0.2) is 12.4 Å². The predicted molar refractivity (Wildman–Crippen MR) is 49.2 cm³/mol. The SMILES string of the molecule is CCC(O)C(O)c1cnn(CC)c1. The topological polar surface area (TPSA) is 58.3 Å². The van der Waals surface area contributed by atoms with Crippen molar-refractivity contribution in [3.05, 3.63) is 18.0 Å². The lowest BCUT2D eigenvalue weighted by atomic mass is 10.1. The van der Waals surface area contributed by atoms with E-state index < -0.39 is 12.2 Å². The molecule has 0 aliphatic carbocycles. The van der Waals surface area contributed by atoms with Crippen molar-refractivity contribution in [2.75, 3.05) is 0 Å². The van der Waals surface area contributed by atoms with Crippen LogP contribution in [-0.2, 0) is 6.54 Å². The van der Waals surface area contributed by atoms with Crippen LogP contribution in [0.1, 0.15) is 31.9 Å². The summed E-state index contributed by atoms with van der Waals surface area (Å²) in [6.07, 6.45) is 2.37. The van der Waals surface area contributed by atoms with Gasteiger partial charge in [-0.2, -0.15) is 5.10 Å². The van der Waals surface area contributed by atoms with Crippen LogP contribution in [0.25, 0.3) is 0 Å². The van der Waals surface area contributed by atoms with Crippen molar-refractivity contribution in [1.82, 2.24) is 9.78 Å². The van der Waals surface area contributed by atoms with Crippen molar-refractivity contribution >= 4 is 0 Å². The molecule has 74 valence electrons. The van der Waals surface area contributed by atoms with E-state index in [-0.39, 0.29) is 0 Å². The van der Waals surface area contributed by atoms with Crippen LogP contribution in [0.3, 0.4) is 0 Å². The Hall–Kier alpha value is -0.870. The molecule has 4 heteroatoms. The third kappa shape index (κ3) is 2.29. The Balaban J connectivity index is 2.70. The Labute approximate surface area is 77.8 Å². The number of hydrogen-bond acceptors (Lipinski definition) is 3. The van der Waals surface area contributed by atoms with E-state index in [0.717, 1.165) is 6.54 Å². The average Bonchev–Trinajstić information content (AvgIpc) is 2.63. The van der Waals surface area contributed by atoms with Crippen LogP contribution >= 0.6 is 0 Å². The van der Waals surface area contributed by atoms with Gasteiger partial charge in [0.15, 0.2) is 0 Å². The molecular formula is C9H16N2O2. The molecule has 0 fully saturated rings. The minimum atomic E-state index is -0.815. The number of rotatable bonds is 4. The minimum Gasteiger partial charge on any atom is -0.390 e. The predicted octanol–water partition coefficient (Wildman–Crippen LogP) is 0.707. The van der Waals surface area contributed by atoms with Gasteiger partial charge in [-0.1, -0.05) is 6.92 Å². The first-order valence-corrected chi connectivity index (χ1v) is 4.57. The van der Waals surface area contributed by atoms with Crippen LogP contribution in [0, 0.1) is 0 Å². The molecule has 2 unspecified atom stereocenters. The number of nitrogens with zero attached hydrogens (tertiary/aromatic N) is 2. The van der Waals surface area contributed by atoms with Crippen LogP contribution in [0.5, 0.6) is 0 Å². The monoisotopic (exact) mass is 184 g/mol. The van der Waals surface area contributed by atoms with Gasteiger partial charge in [-0.05, 0) is 13.3 Å². The summed E-state index contributed by atoms with van der Waals surface area (Å²) >= 11 is 0. The molecule has 0 spiro atoms. The number of aromatic nitrogens is 2. The molecule has 0 aliphatic rings. The first-order chi connectivity index (χ1) is 6.19. The summed E-state index contributed by atoms with van der Waals surface area (Å²) in [6.45, 7) is 4.58.